The molecule has 1 aliphatic rings. The number of amides is 2. The van der Waals surface area contributed by atoms with Crippen LogP contribution in [-0.2, 0) is 16.6 Å². The van der Waals surface area contributed by atoms with Gasteiger partial charge in [-0.05, 0) is 29.2 Å². The molecule has 3 aromatic rings. The Hall–Kier alpha value is -4.14. The van der Waals surface area contributed by atoms with E-state index < -0.39 is 24.0 Å². The van der Waals surface area contributed by atoms with Gasteiger partial charge >= 0.3 is 12.1 Å². The number of ether oxygens (including phenoxy) is 1. The molecule has 1 aromatic heterocycles. The Kier molecular flexibility index (Phi) is 6.12. The van der Waals surface area contributed by atoms with Crippen molar-refractivity contribution >= 4 is 23.8 Å². The smallest absolute Gasteiger partial charge is 0.412 e. The molecule has 2 aromatic carbocycles. The second-order valence-electron chi connectivity index (χ2n) is 7.99. The van der Waals surface area contributed by atoms with Crippen molar-refractivity contribution in [3.05, 3.63) is 71.4 Å². The third-order valence-electron chi connectivity index (χ3n) is 5.50. The number of aryl methyl sites for hydroxylation is 1. The summed E-state index contributed by atoms with van der Waals surface area (Å²) in [5.41, 5.74) is 4.56. The van der Waals surface area contributed by atoms with Gasteiger partial charge in [0, 0.05) is 25.2 Å². The number of nitrogens with zero attached hydrogens (tertiary/aromatic N) is 2. The van der Waals surface area contributed by atoms with Gasteiger partial charge in [-0.2, -0.15) is 5.10 Å². The van der Waals surface area contributed by atoms with Crippen LogP contribution >= 0.6 is 0 Å². The minimum Gasteiger partial charge on any atom is -0.481 e. The number of anilines is 1. The number of aromatic nitrogens is 2. The molecule has 0 saturated heterocycles. The maximum atomic E-state index is 12.6. The number of carboxylic acids is 1. The zero-order valence-corrected chi connectivity index (χ0v) is 18.2. The summed E-state index contributed by atoms with van der Waals surface area (Å²) >= 11 is 0. The third-order valence-corrected chi connectivity index (χ3v) is 5.50. The molecule has 33 heavy (non-hydrogen) atoms. The Morgan fingerprint density at radius 3 is 2.30 bits per heavy atom. The average molecular weight is 448 g/mol. The van der Waals surface area contributed by atoms with Crippen molar-refractivity contribution in [2.75, 3.05) is 11.9 Å². The lowest BCUT2D eigenvalue weighted by Gasteiger charge is -2.14. The van der Waals surface area contributed by atoms with E-state index in [1.165, 1.54) is 10.9 Å². The van der Waals surface area contributed by atoms with Crippen molar-refractivity contribution in [2.45, 2.75) is 25.3 Å². The summed E-state index contributed by atoms with van der Waals surface area (Å²) in [7, 11) is 1.61. The number of hydrogen-bond donors (Lipinski definition) is 3. The number of benzene rings is 2. The van der Waals surface area contributed by atoms with Gasteiger partial charge in [-0.1, -0.05) is 48.5 Å². The summed E-state index contributed by atoms with van der Waals surface area (Å²) < 4.78 is 6.90. The van der Waals surface area contributed by atoms with E-state index in [0.29, 0.717) is 0 Å². The summed E-state index contributed by atoms with van der Waals surface area (Å²) in [5, 5.41) is 18.1. The molecule has 1 aliphatic carbocycles. The Labute approximate surface area is 190 Å². The molecule has 4 rings (SSSR count). The SMILES string of the molecule is C[C@@H](CC(=O)O)NC(=O)c1cn(C)nc1NC(=O)OCC1c2ccccc2-c2ccccc21. The molecule has 1 atom stereocenters. The van der Waals surface area contributed by atoms with Crippen molar-refractivity contribution in [3.8, 4) is 11.1 Å². The fourth-order valence-electron chi connectivity index (χ4n) is 4.09. The number of carbonyl (C=O) groups excluding carboxylic acids is 2. The number of rotatable bonds is 7. The highest BCUT2D eigenvalue weighted by Crippen LogP contribution is 2.44. The van der Waals surface area contributed by atoms with Crippen molar-refractivity contribution in [1.82, 2.24) is 15.1 Å². The van der Waals surface area contributed by atoms with E-state index in [2.05, 4.69) is 27.9 Å². The molecule has 2 amide bonds. The van der Waals surface area contributed by atoms with Crippen LogP contribution in [0.15, 0.2) is 54.7 Å². The molecule has 0 aliphatic heterocycles. The van der Waals surface area contributed by atoms with Crippen molar-refractivity contribution in [2.24, 2.45) is 7.05 Å². The topological polar surface area (TPSA) is 123 Å². The third kappa shape index (κ3) is 4.72. The lowest BCUT2D eigenvalue weighted by molar-refractivity contribution is -0.137. The molecule has 0 spiro atoms. The predicted octanol–water partition coefficient (Wildman–Crippen LogP) is 3.37. The van der Waals surface area contributed by atoms with Crippen LogP contribution in [0.3, 0.4) is 0 Å². The minimum absolute atomic E-state index is 0.0368. The fraction of sp³-hybridized carbons (Fsp3) is 0.250. The number of aliphatic carboxylic acids is 1. The average Bonchev–Trinajstić information content (AvgIpc) is 3.29. The van der Waals surface area contributed by atoms with Crippen molar-refractivity contribution in [1.29, 1.82) is 0 Å². The van der Waals surface area contributed by atoms with Crippen LogP contribution in [0.25, 0.3) is 11.1 Å². The van der Waals surface area contributed by atoms with Crippen LogP contribution in [0, 0.1) is 0 Å². The summed E-state index contributed by atoms with van der Waals surface area (Å²) in [5.74, 6) is -1.61. The largest absolute Gasteiger partial charge is 0.481 e. The van der Waals surface area contributed by atoms with Gasteiger partial charge in [0.05, 0.1) is 6.42 Å². The molecule has 0 saturated carbocycles. The fourth-order valence-corrected chi connectivity index (χ4v) is 4.09. The monoisotopic (exact) mass is 448 g/mol. The molecule has 9 nitrogen and oxygen atoms in total. The van der Waals surface area contributed by atoms with Crippen LogP contribution in [0.1, 0.15) is 40.7 Å². The highest BCUT2D eigenvalue weighted by atomic mass is 16.5. The van der Waals surface area contributed by atoms with Crippen LogP contribution in [0.2, 0.25) is 0 Å². The van der Waals surface area contributed by atoms with E-state index in [1.807, 2.05) is 36.4 Å². The van der Waals surface area contributed by atoms with Crippen LogP contribution in [0.4, 0.5) is 10.6 Å². The van der Waals surface area contributed by atoms with Gasteiger partial charge in [-0.25, -0.2) is 4.79 Å². The first-order chi connectivity index (χ1) is 15.8. The molecule has 0 bridgehead atoms. The summed E-state index contributed by atoms with van der Waals surface area (Å²) in [4.78, 5) is 35.9. The number of fused-ring (bicyclic) bond motifs is 3. The van der Waals surface area contributed by atoms with Gasteiger partial charge in [-0.15, -0.1) is 0 Å². The van der Waals surface area contributed by atoms with E-state index in [1.54, 1.807) is 14.0 Å². The van der Waals surface area contributed by atoms with Gasteiger partial charge in [0.15, 0.2) is 5.82 Å². The zero-order chi connectivity index (χ0) is 23.5. The summed E-state index contributed by atoms with van der Waals surface area (Å²) in [6.45, 7) is 1.71. The lowest BCUT2D eigenvalue weighted by Crippen LogP contribution is -2.34. The van der Waals surface area contributed by atoms with Gasteiger partial charge in [0.2, 0.25) is 0 Å². The molecular weight excluding hydrogens is 424 g/mol. The molecular formula is C24H24N4O5. The first-order valence-corrected chi connectivity index (χ1v) is 10.5. The Morgan fingerprint density at radius 2 is 1.70 bits per heavy atom. The normalized spacial score (nSPS) is 13.0. The maximum absolute atomic E-state index is 12.6. The Morgan fingerprint density at radius 1 is 1.09 bits per heavy atom. The van der Waals surface area contributed by atoms with E-state index >= 15 is 0 Å². The molecule has 170 valence electrons. The predicted molar refractivity (Wildman–Crippen MR) is 121 cm³/mol. The van der Waals surface area contributed by atoms with Gasteiger partial charge in [-0.3, -0.25) is 19.6 Å². The standard InChI is InChI=1S/C24H24N4O5/c1-14(11-21(29)30)25-23(31)19-12-28(2)27-22(19)26-24(32)33-13-20-17-9-5-3-7-15(17)16-8-4-6-10-18(16)20/h3-10,12,14,20H,11,13H2,1-2H3,(H,25,31)(H,29,30)(H,26,27,32)/t14-/m0/s1. The quantitative estimate of drug-likeness (QED) is 0.509. The van der Waals surface area contributed by atoms with Gasteiger partial charge < -0.3 is 15.2 Å². The van der Waals surface area contributed by atoms with Crippen LogP contribution < -0.4 is 10.6 Å². The summed E-state index contributed by atoms with van der Waals surface area (Å²) in [6, 6.07) is 15.5. The lowest BCUT2D eigenvalue weighted by atomic mass is 9.98. The second kappa shape index (κ2) is 9.15. The number of hydrogen-bond acceptors (Lipinski definition) is 5. The minimum atomic E-state index is -1.02. The van der Waals surface area contributed by atoms with E-state index in [9.17, 15) is 14.4 Å². The molecule has 0 fully saturated rings. The second-order valence-corrected chi connectivity index (χ2v) is 7.99. The molecule has 0 unspecified atom stereocenters. The first-order valence-electron chi connectivity index (χ1n) is 10.5. The Balaban J connectivity index is 1.43. The first kappa shape index (κ1) is 22.1. The molecule has 3 N–H and O–H groups in total. The number of carboxylic acid groups (broad SMARTS) is 1. The van der Waals surface area contributed by atoms with Crippen molar-refractivity contribution < 1.29 is 24.2 Å². The number of nitrogens with one attached hydrogen (secondary N) is 2. The van der Waals surface area contributed by atoms with E-state index in [0.717, 1.165) is 22.3 Å². The van der Waals surface area contributed by atoms with E-state index in [4.69, 9.17) is 9.84 Å². The highest BCUT2D eigenvalue weighted by molar-refractivity contribution is 6.01. The highest BCUT2D eigenvalue weighted by Gasteiger charge is 2.29. The van der Waals surface area contributed by atoms with E-state index in [-0.39, 0.29) is 30.3 Å². The van der Waals surface area contributed by atoms with Gasteiger partial charge in [0.1, 0.15) is 12.2 Å². The van der Waals surface area contributed by atoms with Gasteiger partial charge in [0.25, 0.3) is 5.91 Å². The zero-order valence-electron chi connectivity index (χ0n) is 18.2. The van der Waals surface area contributed by atoms with Crippen LogP contribution in [-0.4, -0.2) is 45.5 Å². The summed E-state index contributed by atoms with van der Waals surface area (Å²) in [6.07, 6.45) is 0.492. The maximum Gasteiger partial charge on any atom is 0.412 e. The Bertz CT molecular complexity index is 1170. The molecule has 9 heteroatoms. The van der Waals surface area contributed by atoms with Crippen molar-refractivity contribution in [3.63, 3.8) is 0 Å². The van der Waals surface area contributed by atoms with Crippen LogP contribution in [0.5, 0.6) is 0 Å². The number of carbonyl (C=O) groups is 3. The molecule has 0 radical (unpaired) electrons. The molecule has 1 heterocycles.